The number of hydrogen-bond acceptors (Lipinski definition) is 11. The SMILES string of the molecule is CCCCCCc1ccc(C(=O)C[C@@H]2CN[C@H](C(=O)N(C)[C@@H]3C(=O)C[C@@H](C)C(=O)N[C@H](C(=O)CCC#N)Cc4ccc(OCCN)c(c4)-c4cc3ccc4OCCN)C2)c(C)c1. The van der Waals surface area contributed by atoms with Crippen LogP contribution in [-0.4, -0.2) is 86.0 Å². The summed E-state index contributed by atoms with van der Waals surface area (Å²) in [6.45, 7) is 7.16. The number of benzene rings is 3. The van der Waals surface area contributed by atoms with E-state index in [1.807, 2.05) is 31.2 Å². The fourth-order valence-corrected chi connectivity index (χ4v) is 8.56. The van der Waals surface area contributed by atoms with Crippen molar-refractivity contribution in [3.05, 3.63) is 82.4 Å². The number of rotatable bonds is 19. The van der Waals surface area contributed by atoms with Crippen molar-refractivity contribution >= 4 is 29.2 Å². The topological polar surface area (TPSA) is 207 Å². The van der Waals surface area contributed by atoms with Crippen LogP contribution in [0.5, 0.6) is 11.5 Å². The summed E-state index contributed by atoms with van der Waals surface area (Å²) in [7, 11) is 1.59. The molecule has 3 aromatic rings. The van der Waals surface area contributed by atoms with Crippen LogP contribution in [0.15, 0.2) is 54.6 Å². The molecule has 1 fully saturated rings. The monoisotopic (exact) mass is 848 g/mol. The molecule has 0 unspecified atom stereocenters. The van der Waals surface area contributed by atoms with Gasteiger partial charge >= 0.3 is 0 Å². The Morgan fingerprint density at radius 2 is 1.61 bits per heavy atom. The Morgan fingerprint density at radius 1 is 0.903 bits per heavy atom. The van der Waals surface area contributed by atoms with Crippen molar-refractivity contribution in [2.45, 2.75) is 110 Å². The van der Waals surface area contributed by atoms with Gasteiger partial charge in [0, 0.05) is 68.4 Å². The minimum atomic E-state index is -1.11. The molecule has 0 aliphatic carbocycles. The second-order valence-electron chi connectivity index (χ2n) is 16.8. The van der Waals surface area contributed by atoms with Crippen molar-refractivity contribution in [3.8, 4) is 28.7 Å². The summed E-state index contributed by atoms with van der Waals surface area (Å²) in [5.41, 5.74) is 17.0. The highest BCUT2D eigenvalue weighted by Crippen LogP contribution is 2.41. The van der Waals surface area contributed by atoms with Crippen molar-refractivity contribution in [2.75, 3.05) is 39.9 Å². The first-order valence-electron chi connectivity index (χ1n) is 22.2. The number of nitrogens with one attached hydrogen (secondary N) is 2. The number of likely N-dealkylation sites (N-methyl/N-ethyl adjacent to an activating group) is 1. The molecule has 13 heteroatoms. The Bertz CT molecular complexity index is 2110. The van der Waals surface area contributed by atoms with Crippen molar-refractivity contribution in [1.29, 1.82) is 5.26 Å². The number of nitriles is 1. The standard InChI is InChI=1S/C49H64N6O7/c1-5-6-7-8-10-33-12-15-37(31(2)23-33)43(57)28-35-27-41(53-30-35)49(60)55(4)47-36-14-17-46(62-22-20-52)39(29-36)38-25-34(13-16-45(38)61-21-19-51)26-40(42(56)11-9-18-50)54-48(59)32(3)24-44(47)58/h12-17,23,25,29,32,35,40-41,47,53H,5-11,19-22,24,26-28,30,51-52H2,1-4H3,(H,54,59)/t32-,35-,40+,41+,47+/m1/s1. The summed E-state index contributed by atoms with van der Waals surface area (Å²) in [5.74, 6) is -1.45. The van der Waals surface area contributed by atoms with E-state index < -0.39 is 30.0 Å². The van der Waals surface area contributed by atoms with Gasteiger partial charge in [0.1, 0.15) is 30.8 Å². The van der Waals surface area contributed by atoms with E-state index in [1.54, 1.807) is 38.2 Å². The minimum absolute atomic E-state index is 0.00723. The molecule has 62 heavy (non-hydrogen) atoms. The number of ketones is 3. The molecule has 6 N–H and O–H groups in total. The van der Waals surface area contributed by atoms with E-state index in [1.165, 1.54) is 29.7 Å². The zero-order chi connectivity index (χ0) is 44.8. The molecule has 5 atom stereocenters. The fourth-order valence-electron chi connectivity index (χ4n) is 8.56. The van der Waals surface area contributed by atoms with Gasteiger partial charge in [0.25, 0.3) is 0 Å². The lowest BCUT2D eigenvalue weighted by Gasteiger charge is -2.31. The maximum absolute atomic E-state index is 14.6. The second kappa shape index (κ2) is 23.1. The van der Waals surface area contributed by atoms with Crippen molar-refractivity contribution < 1.29 is 33.4 Å². The summed E-state index contributed by atoms with van der Waals surface area (Å²) in [6.07, 6.45) is 6.26. The molecule has 2 aliphatic heterocycles. The molecular weight excluding hydrogens is 785 g/mol. The number of ether oxygens (including phenoxy) is 2. The van der Waals surface area contributed by atoms with Crippen LogP contribution in [0.25, 0.3) is 11.1 Å². The Labute approximate surface area is 366 Å². The number of hydrogen-bond donors (Lipinski definition) is 4. The van der Waals surface area contributed by atoms with Gasteiger partial charge in [-0.25, -0.2) is 0 Å². The maximum Gasteiger partial charge on any atom is 0.240 e. The van der Waals surface area contributed by atoms with Crippen LogP contribution in [0.1, 0.15) is 110 Å². The highest BCUT2D eigenvalue weighted by Gasteiger charge is 2.38. The van der Waals surface area contributed by atoms with Crippen molar-refractivity contribution in [3.63, 3.8) is 0 Å². The van der Waals surface area contributed by atoms with Crippen molar-refractivity contribution in [2.24, 2.45) is 23.3 Å². The lowest BCUT2D eigenvalue weighted by Crippen LogP contribution is -2.47. The molecule has 0 saturated carbocycles. The van der Waals surface area contributed by atoms with Crippen LogP contribution >= 0.6 is 0 Å². The van der Waals surface area contributed by atoms with Crippen LogP contribution in [-0.2, 0) is 32.0 Å². The minimum Gasteiger partial charge on any atom is -0.492 e. The first kappa shape index (κ1) is 47.6. The number of amides is 2. The zero-order valence-electron chi connectivity index (χ0n) is 36.8. The Hall–Kier alpha value is -5.42. The van der Waals surface area contributed by atoms with Gasteiger partial charge in [-0.1, -0.05) is 63.4 Å². The van der Waals surface area contributed by atoms with Gasteiger partial charge in [0.15, 0.2) is 17.3 Å². The number of Topliss-reactive ketones (excluding diaryl/α,β-unsaturated/α-hetero) is 3. The van der Waals surface area contributed by atoms with E-state index in [0.717, 1.165) is 18.4 Å². The molecular formula is C49H64N6O7. The van der Waals surface area contributed by atoms with E-state index in [0.29, 0.717) is 52.3 Å². The van der Waals surface area contributed by atoms with Gasteiger partial charge in [-0.3, -0.25) is 24.0 Å². The molecule has 4 bridgehead atoms. The summed E-state index contributed by atoms with van der Waals surface area (Å²) < 4.78 is 12.2. The second-order valence-corrected chi connectivity index (χ2v) is 16.8. The first-order chi connectivity index (χ1) is 29.9. The molecule has 13 nitrogen and oxygen atoms in total. The molecule has 0 spiro atoms. The average Bonchev–Trinajstić information content (AvgIpc) is 3.73. The van der Waals surface area contributed by atoms with Gasteiger partial charge in [0.05, 0.1) is 18.2 Å². The largest absolute Gasteiger partial charge is 0.492 e. The van der Waals surface area contributed by atoms with E-state index in [2.05, 4.69) is 29.7 Å². The number of carbonyl (C=O) groups is 5. The molecule has 0 radical (unpaired) electrons. The third-order valence-corrected chi connectivity index (χ3v) is 11.9. The Morgan fingerprint density at radius 3 is 2.29 bits per heavy atom. The Kier molecular flexibility index (Phi) is 17.8. The molecule has 5 rings (SSSR count). The summed E-state index contributed by atoms with van der Waals surface area (Å²) >= 11 is 0. The predicted octanol–water partition coefficient (Wildman–Crippen LogP) is 5.72. The van der Waals surface area contributed by atoms with Gasteiger partial charge in [-0.2, -0.15) is 5.26 Å². The number of nitrogens with two attached hydrogens (primary N) is 2. The lowest BCUT2D eigenvalue weighted by atomic mass is 9.89. The molecule has 3 aromatic carbocycles. The third kappa shape index (κ3) is 12.4. The summed E-state index contributed by atoms with van der Waals surface area (Å²) in [5, 5.41) is 15.4. The van der Waals surface area contributed by atoms with E-state index in [4.69, 9.17) is 20.9 Å². The predicted molar refractivity (Wildman–Crippen MR) is 239 cm³/mol. The number of nitrogens with zero attached hydrogens (tertiary/aromatic N) is 2. The molecule has 2 aliphatic rings. The first-order valence-corrected chi connectivity index (χ1v) is 22.2. The smallest absolute Gasteiger partial charge is 0.240 e. The van der Waals surface area contributed by atoms with Crippen molar-refractivity contribution in [1.82, 2.24) is 15.5 Å². The number of unbranched alkanes of at least 4 members (excludes halogenated alkanes) is 3. The van der Waals surface area contributed by atoms with Crippen LogP contribution in [0.2, 0.25) is 0 Å². The van der Waals surface area contributed by atoms with E-state index >= 15 is 0 Å². The van der Waals surface area contributed by atoms with Gasteiger partial charge in [-0.15, -0.1) is 0 Å². The van der Waals surface area contributed by atoms with Crippen LogP contribution in [0.3, 0.4) is 0 Å². The van der Waals surface area contributed by atoms with Crippen LogP contribution < -0.4 is 31.6 Å². The summed E-state index contributed by atoms with van der Waals surface area (Å²) in [6, 6.07) is 16.1. The molecule has 332 valence electrons. The lowest BCUT2D eigenvalue weighted by molar-refractivity contribution is -0.141. The average molecular weight is 849 g/mol. The zero-order valence-corrected chi connectivity index (χ0v) is 36.8. The molecule has 1 saturated heterocycles. The molecule has 0 aromatic heterocycles. The van der Waals surface area contributed by atoms with Crippen LogP contribution in [0, 0.1) is 30.1 Å². The molecule has 2 amide bonds. The normalized spacial score (nSPS) is 20.1. The van der Waals surface area contributed by atoms with Gasteiger partial charge in [0.2, 0.25) is 11.8 Å². The Balaban J connectivity index is 1.46. The van der Waals surface area contributed by atoms with Gasteiger partial charge in [-0.05, 0) is 91.6 Å². The maximum atomic E-state index is 14.6. The molecule has 2 heterocycles. The number of fused-ring (bicyclic) bond motifs is 5. The number of carbonyl (C=O) groups excluding carboxylic acids is 5. The number of aryl methyl sites for hydroxylation is 2. The van der Waals surface area contributed by atoms with Crippen LogP contribution in [0.4, 0.5) is 0 Å². The summed E-state index contributed by atoms with van der Waals surface area (Å²) in [4.78, 5) is 71.2. The third-order valence-electron chi connectivity index (χ3n) is 11.9. The van der Waals surface area contributed by atoms with Gasteiger partial charge < -0.3 is 36.5 Å². The quantitative estimate of drug-likeness (QED) is 0.0848. The highest BCUT2D eigenvalue weighted by atomic mass is 16.5. The van der Waals surface area contributed by atoms with E-state index in [-0.39, 0.29) is 87.6 Å². The van der Waals surface area contributed by atoms with E-state index in [9.17, 15) is 29.2 Å². The highest BCUT2D eigenvalue weighted by molar-refractivity contribution is 5.98. The fraction of sp³-hybridized carbons (Fsp3) is 0.510.